The van der Waals surface area contributed by atoms with Crippen LogP contribution in [0.15, 0.2) is 51.7 Å². The Balaban J connectivity index is 2.41. The first-order chi connectivity index (χ1) is 10.0. The molecular formula is C15H9BrCl2N2O. The molecule has 1 heterocycles. The average Bonchev–Trinajstić information content (AvgIpc) is 2.47. The minimum absolute atomic E-state index is 0.231. The van der Waals surface area contributed by atoms with Gasteiger partial charge in [-0.05, 0) is 45.6 Å². The number of fused-ring (bicyclic) bond motifs is 1. The second-order valence-corrected chi connectivity index (χ2v) is 6.10. The van der Waals surface area contributed by atoms with Crippen LogP contribution in [0.4, 0.5) is 5.82 Å². The number of hydrogen-bond donors (Lipinski definition) is 1. The Labute approximate surface area is 139 Å². The highest BCUT2D eigenvalue weighted by molar-refractivity contribution is 9.10. The molecule has 1 aromatic heterocycles. The van der Waals surface area contributed by atoms with Crippen molar-refractivity contribution in [3.8, 4) is 5.69 Å². The van der Waals surface area contributed by atoms with Gasteiger partial charge in [0.15, 0.2) is 0 Å². The second-order valence-electron chi connectivity index (χ2n) is 4.49. The van der Waals surface area contributed by atoms with Gasteiger partial charge in [-0.3, -0.25) is 9.36 Å². The molecule has 2 N–H and O–H groups in total. The van der Waals surface area contributed by atoms with Crippen LogP contribution >= 0.6 is 39.1 Å². The fourth-order valence-electron chi connectivity index (χ4n) is 2.22. The van der Waals surface area contributed by atoms with Gasteiger partial charge in [-0.15, -0.1) is 0 Å². The predicted molar refractivity (Wildman–Crippen MR) is 91.7 cm³/mol. The number of hydrogen-bond acceptors (Lipinski definition) is 2. The topological polar surface area (TPSA) is 48.0 Å². The van der Waals surface area contributed by atoms with Crippen LogP contribution in [-0.2, 0) is 0 Å². The van der Waals surface area contributed by atoms with Crippen LogP contribution < -0.4 is 11.3 Å². The summed E-state index contributed by atoms with van der Waals surface area (Å²) >= 11 is 15.7. The minimum atomic E-state index is -0.231. The van der Waals surface area contributed by atoms with Gasteiger partial charge in [-0.2, -0.15) is 0 Å². The van der Waals surface area contributed by atoms with Gasteiger partial charge in [-0.1, -0.05) is 41.4 Å². The molecule has 0 spiro atoms. The summed E-state index contributed by atoms with van der Waals surface area (Å²) < 4.78 is 2.02. The van der Waals surface area contributed by atoms with Crippen molar-refractivity contribution in [2.75, 3.05) is 5.73 Å². The molecule has 3 nitrogen and oxygen atoms in total. The zero-order valence-corrected chi connectivity index (χ0v) is 13.7. The molecule has 0 radical (unpaired) electrons. The molecule has 106 valence electrons. The Bertz CT molecular complexity index is 921. The molecule has 3 aromatic rings. The van der Waals surface area contributed by atoms with Crippen LogP contribution in [0, 0.1) is 0 Å². The second kappa shape index (κ2) is 5.37. The summed E-state index contributed by atoms with van der Waals surface area (Å²) in [6.45, 7) is 0. The lowest BCUT2D eigenvalue weighted by molar-refractivity contribution is 1.02. The lowest BCUT2D eigenvalue weighted by Gasteiger charge is -2.14. The Morgan fingerprint density at radius 2 is 1.76 bits per heavy atom. The number of benzene rings is 2. The number of nitrogen functional groups attached to an aromatic ring is 1. The Kier molecular flexibility index (Phi) is 3.69. The average molecular weight is 384 g/mol. The van der Waals surface area contributed by atoms with Crippen LogP contribution in [0.3, 0.4) is 0 Å². The van der Waals surface area contributed by atoms with Gasteiger partial charge in [0.2, 0.25) is 0 Å². The molecule has 0 bridgehead atoms. The molecule has 6 heteroatoms. The van der Waals surface area contributed by atoms with Crippen molar-refractivity contribution in [2.24, 2.45) is 0 Å². The molecule has 0 unspecified atom stereocenters. The van der Waals surface area contributed by atoms with E-state index in [0.717, 1.165) is 5.39 Å². The molecule has 21 heavy (non-hydrogen) atoms. The maximum atomic E-state index is 12.7. The van der Waals surface area contributed by atoms with E-state index in [0.29, 0.717) is 26.4 Å². The number of nitrogens with zero attached hydrogens (tertiary/aromatic N) is 1. The Morgan fingerprint density at radius 1 is 1.05 bits per heavy atom. The first kappa shape index (κ1) is 14.4. The van der Waals surface area contributed by atoms with Gasteiger partial charge in [0.1, 0.15) is 5.82 Å². The highest BCUT2D eigenvalue weighted by Gasteiger charge is 2.15. The third-order valence-electron chi connectivity index (χ3n) is 3.21. The molecular weight excluding hydrogens is 375 g/mol. The van der Waals surface area contributed by atoms with E-state index < -0.39 is 0 Å². The van der Waals surface area contributed by atoms with Gasteiger partial charge in [0.25, 0.3) is 5.56 Å². The fraction of sp³-hybridized carbons (Fsp3) is 0. The summed E-state index contributed by atoms with van der Waals surface area (Å²) in [6.07, 6.45) is 0. The smallest absolute Gasteiger partial charge is 0.264 e. The van der Waals surface area contributed by atoms with Crippen molar-refractivity contribution >= 4 is 55.7 Å². The predicted octanol–water partition coefficient (Wildman–Crippen LogP) is 4.64. The number of aromatic nitrogens is 1. The highest BCUT2D eigenvalue weighted by atomic mass is 79.9. The normalized spacial score (nSPS) is 11.0. The number of halogens is 3. The summed E-state index contributed by atoms with van der Waals surface area (Å²) in [5, 5.41) is 1.97. The number of anilines is 1. The summed E-state index contributed by atoms with van der Waals surface area (Å²) in [6, 6.07) is 12.4. The van der Waals surface area contributed by atoms with Gasteiger partial charge < -0.3 is 5.73 Å². The number of pyridine rings is 1. The van der Waals surface area contributed by atoms with Gasteiger partial charge >= 0.3 is 0 Å². The Morgan fingerprint density at radius 3 is 2.52 bits per heavy atom. The van der Waals surface area contributed by atoms with E-state index in [9.17, 15) is 4.79 Å². The lowest BCUT2D eigenvalue weighted by atomic mass is 10.1. The van der Waals surface area contributed by atoms with Gasteiger partial charge in [-0.25, -0.2) is 0 Å². The van der Waals surface area contributed by atoms with Crippen LogP contribution in [-0.4, -0.2) is 4.57 Å². The van der Waals surface area contributed by atoms with Gasteiger partial charge in [0.05, 0.1) is 15.7 Å². The molecule has 0 saturated heterocycles. The van der Waals surface area contributed by atoms with E-state index in [4.69, 9.17) is 28.9 Å². The Hall–Kier alpha value is -1.49. The first-order valence-electron chi connectivity index (χ1n) is 6.05. The summed E-state index contributed by atoms with van der Waals surface area (Å²) in [7, 11) is 0. The molecule has 0 fully saturated rings. The maximum absolute atomic E-state index is 12.7. The largest absolute Gasteiger partial charge is 0.385 e. The van der Waals surface area contributed by atoms with E-state index >= 15 is 0 Å². The van der Waals surface area contributed by atoms with Crippen molar-refractivity contribution in [3.63, 3.8) is 0 Å². The molecule has 0 aliphatic heterocycles. The highest BCUT2D eigenvalue weighted by Crippen LogP contribution is 2.35. The van der Waals surface area contributed by atoms with Crippen molar-refractivity contribution < 1.29 is 0 Å². The molecule has 0 aliphatic rings. The van der Waals surface area contributed by atoms with E-state index in [-0.39, 0.29) is 10.6 Å². The van der Waals surface area contributed by atoms with Crippen molar-refractivity contribution in [1.82, 2.24) is 4.57 Å². The number of nitrogens with two attached hydrogens (primary N) is 1. The molecule has 2 aromatic carbocycles. The van der Waals surface area contributed by atoms with Crippen LogP contribution in [0.1, 0.15) is 0 Å². The maximum Gasteiger partial charge on any atom is 0.264 e. The fourth-order valence-corrected chi connectivity index (χ4v) is 3.07. The number of rotatable bonds is 1. The molecule has 0 atom stereocenters. The van der Waals surface area contributed by atoms with Crippen LogP contribution in [0.2, 0.25) is 10.0 Å². The van der Waals surface area contributed by atoms with Crippen molar-refractivity contribution in [1.29, 1.82) is 0 Å². The molecule has 0 amide bonds. The van der Waals surface area contributed by atoms with Crippen molar-refractivity contribution in [2.45, 2.75) is 0 Å². The first-order valence-corrected chi connectivity index (χ1v) is 7.59. The van der Waals surface area contributed by atoms with E-state index in [1.807, 2.05) is 12.1 Å². The van der Waals surface area contributed by atoms with E-state index in [1.165, 1.54) is 4.57 Å². The van der Waals surface area contributed by atoms with E-state index in [1.54, 1.807) is 30.3 Å². The molecule has 0 aliphatic carbocycles. The van der Waals surface area contributed by atoms with Crippen LogP contribution in [0.5, 0.6) is 0 Å². The molecule has 3 rings (SSSR count). The standard InChI is InChI=1S/C15H9BrCl2N2O/c16-10-5-6-11(14(18)13(10)17)20-12(19)7-8-3-1-2-4-9(8)15(20)21/h1-7H,19H2. The monoisotopic (exact) mass is 382 g/mol. The van der Waals surface area contributed by atoms with Gasteiger partial charge in [0, 0.05) is 9.86 Å². The summed E-state index contributed by atoms with van der Waals surface area (Å²) in [5.74, 6) is 0.305. The summed E-state index contributed by atoms with van der Waals surface area (Å²) in [5.41, 5.74) is 6.25. The third-order valence-corrected chi connectivity index (χ3v) is 4.97. The third kappa shape index (κ3) is 2.33. The quantitative estimate of drug-likeness (QED) is 0.622. The minimum Gasteiger partial charge on any atom is -0.385 e. The van der Waals surface area contributed by atoms with Crippen LogP contribution in [0.25, 0.3) is 16.5 Å². The lowest BCUT2D eigenvalue weighted by Crippen LogP contribution is -2.21. The molecule has 0 saturated carbocycles. The van der Waals surface area contributed by atoms with Crippen molar-refractivity contribution in [3.05, 3.63) is 67.3 Å². The summed E-state index contributed by atoms with van der Waals surface area (Å²) in [4.78, 5) is 12.7. The SMILES string of the molecule is Nc1cc2ccccc2c(=O)n1-c1ccc(Br)c(Cl)c1Cl. The zero-order chi connectivity index (χ0) is 15.1. The van der Waals surface area contributed by atoms with E-state index in [2.05, 4.69) is 15.9 Å². The zero-order valence-electron chi connectivity index (χ0n) is 10.6.